The standard InChI is InChI=1S/3C4H8O3S2.Sb/c3*5-1-2-7-3(6)4(8)9;/h3*4-5,8-9H,1-2H2;. The normalized spacial score (nSPS) is 9.43. The molecule has 0 aromatic heterocycles. The summed E-state index contributed by atoms with van der Waals surface area (Å²) in [5.41, 5.74) is 0. The molecule has 9 nitrogen and oxygen atoms in total. The molecule has 0 aliphatic rings. The van der Waals surface area contributed by atoms with Gasteiger partial charge in [-0.2, -0.15) is 75.8 Å². The van der Waals surface area contributed by atoms with Crippen molar-refractivity contribution in [2.75, 3.05) is 39.6 Å². The summed E-state index contributed by atoms with van der Waals surface area (Å²) in [5, 5.41) is 24.5. The Balaban J connectivity index is -0.000000152. The van der Waals surface area contributed by atoms with Crippen LogP contribution in [0, 0.1) is 0 Å². The summed E-state index contributed by atoms with van der Waals surface area (Å²) in [6.07, 6.45) is 0. The first-order valence-electron chi connectivity index (χ1n) is 6.95. The molecule has 0 rings (SSSR count). The van der Waals surface area contributed by atoms with Gasteiger partial charge in [0.15, 0.2) is 0 Å². The number of esters is 3. The van der Waals surface area contributed by atoms with Gasteiger partial charge in [-0.25, -0.2) is 14.4 Å². The van der Waals surface area contributed by atoms with E-state index in [-0.39, 0.29) is 64.1 Å². The largest absolute Gasteiger partial charge is 0.462 e. The SMILES string of the molecule is O=C(OCCO)C(S)S.O=C(OCCO)C(S)S.O=C(OCCO)C(S)S.[Sb]. The number of aliphatic hydroxyl groups is 3. The first-order chi connectivity index (χ1) is 12.5. The summed E-state index contributed by atoms with van der Waals surface area (Å²) < 4.78 is 11.1. The summed E-state index contributed by atoms with van der Waals surface area (Å²) in [6.45, 7) is -0.469. The number of aliphatic hydroxyl groups excluding tert-OH is 3. The van der Waals surface area contributed by atoms with Gasteiger partial charge in [-0.3, -0.25) is 0 Å². The average molecular weight is 626 g/mol. The van der Waals surface area contributed by atoms with Gasteiger partial charge in [-0.1, -0.05) is 0 Å². The van der Waals surface area contributed by atoms with Crippen molar-refractivity contribution in [1.82, 2.24) is 0 Å². The Morgan fingerprint density at radius 2 is 0.750 bits per heavy atom. The molecule has 0 spiro atoms. The van der Waals surface area contributed by atoms with Crippen molar-refractivity contribution >= 4 is 118 Å². The number of carbonyl (C=O) groups is 3. The molecule has 167 valence electrons. The number of rotatable bonds is 9. The molecule has 16 heteroatoms. The number of hydrogen-bond donors (Lipinski definition) is 9. The number of ether oxygens (including phenoxy) is 3. The topological polar surface area (TPSA) is 140 Å². The van der Waals surface area contributed by atoms with Crippen molar-refractivity contribution < 1.29 is 43.9 Å². The van der Waals surface area contributed by atoms with E-state index in [2.05, 4.69) is 90.0 Å². The van der Waals surface area contributed by atoms with E-state index in [4.69, 9.17) is 15.3 Å². The molecule has 0 amide bonds. The zero-order chi connectivity index (χ0) is 21.8. The minimum atomic E-state index is -0.712. The van der Waals surface area contributed by atoms with Gasteiger partial charge in [0.2, 0.25) is 0 Å². The second-order valence-electron chi connectivity index (χ2n) is 3.79. The fraction of sp³-hybridized carbons (Fsp3) is 0.750. The van der Waals surface area contributed by atoms with Crippen LogP contribution in [0.4, 0.5) is 0 Å². The quantitative estimate of drug-likeness (QED) is 0.0505. The minimum Gasteiger partial charge on any atom is -0.462 e. The molecule has 0 fully saturated rings. The molecule has 0 unspecified atom stereocenters. The van der Waals surface area contributed by atoms with E-state index >= 15 is 0 Å². The third-order valence-electron chi connectivity index (χ3n) is 1.64. The Morgan fingerprint density at radius 1 is 0.571 bits per heavy atom. The van der Waals surface area contributed by atoms with Crippen LogP contribution in [-0.2, 0) is 28.6 Å². The van der Waals surface area contributed by atoms with Gasteiger partial charge >= 0.3 is 17.9 Å². The van der Waals surface area contributed by atoms with Crippen molar-refractivity contribution in [3.63, 3.8) is 0 Å². The van der Waals surface area contributed by atoms with E-state index in [1.54, 1.807) is 0 Å². The van der Waals surface area contributed by atoms with Crippen molar-refractivity contribution in [3.05, 3.63) is 0 Å². The summed E-state index contributed by atoms with van der Waals surface area (Å²) in [7, 11) is 0. The van der Waals surface area contributed by atoms with Gasteiger partial charge in [0, 0.05) is 24.4 Å². The van der Waals surface area contributed by atoms with E-state index in [1.165, 1.54) is 0 Å². The van der Waals surface area contributed by atoms with E-state index in [1.807, 2.05) is 0 Å². The van der Waals surface area contributed by atoms with Crippen LogP contribution in [0.15, 0.2) is 0 Å². The Morgan fingerprint density at radius 3 is 0.857 bits per heavy atom. The molecule has 0 aliphatic carbocycles. The number of hydrogen-bond acceptors (Lipinski definition) is 15. The maximum Gasteiger partial charge on any atom is 0.328 e. The second-order valence-corrected chi connectivity index (χ2v) is 8.11. The van der Waals surface area contributed by atoms with Crippen LogP contribution >= 0.6 is 75.8 Å². The molecule has 28 heavy (non-hydrogen) atoms. The Bertz CT molecular complexity index is 345. The van der Waals surface area contributed by atoms with Gasteiger partial charge in [-0.15, -0.1) is 0 Å². The molecule has 0 heterocycles. The monoisotopic (exact) mass is 625 g/mol. The third-order valence-corrected chi connectivity index (χ3v) is 2.90. The molecule has 0 saturated heterocycles. The number of thiol groups is 6. The smallest absolute Gasteiger partial charge is 0.328 e. The summed E-state index contributed by atoms with van der Waals surface area (Å²) in [5.74, 6) is -1.60. The van der Waals surface area contributed by atoms with Crippen molar-refractivity contribution in [3.8, 4) is 0 Å². The van der Waals surface area contributed by atoms with Gasteiger partial charge in [0.1, 0.15) is 33.6 Å². The zero-order valence-corrected chi connectivity index (χ0v) is 22.3. The van der Waals surface area contributed by atoms with Crippen molar-refractivity contribution in [2.24, 2.45) is 0 Å². The molecule has 0 saturated carbocycles. The molecule has 3 radical (unpaired) electrons. The van der Waals surface area contributed by atoms with Crippen LogP contribution in [0.2, 0.25) is 0 Å². The molecular formula is C12H24O9S6Sb. The molecule has 0 aliphatic heterocycles. The fourth-order valence-electron chi connectivity index (χ4n) is 0.662. The van der Waals surface area contributed by atoms with E-state index in [9.17, 15) is 14.4 Å². The second kappa shape index (κ2) is 26.2. The van der Waals surface area contributed by atoms with E-state index < -0.39 is 31.7 Å². The predicted molar refractivity (Wildman–Crippen MR) is 125 cm³/mol. The Kier molecular flexibility index (Phi) is 34.3. The molecule has 0 bridgehead atoms. The van der Waals surface area contributed by atoms with Crippen molar-refractivity contribution in [2.45, 2.75) is 13.7 Å². The molecule has 0 aromatic carbocycles. The molecule has 0 atom stereocenters. The Hall–Kier alpha value is 1.21. The fourth-order valence-corrected chi connectivity index (χ4v) is 1.11. The summed E-state index contributed by atoms with van der Waals surface area (Å²) >= 11 is 22.0. The predicted octanol–water partition coefficient (Wildman–Crippen LogP) is -1.26. The molecule has 0 aromatic rings. The molecule has 3 N–H and O–H groups in total. The van der Waals surface area contributed by atoms with Crippen LogP contribution in [0.3, 0.4) is 0 Å². The van der Waals surface area contributed by atoms with Crippen LogP contribution in [-0.4, -0.2) is 111 Å². The molecular weight excluding hydrogens is 602 g/mol. The van der Waals surface area contributed by atoms with E-state index in [0.29, 0.717) is 0 Å². The first-order valence-corrected chi connectivity index (χ1v) is 10.1. The average Bonchev–Trinajstić information content (AvgIpc) is 2.62. The van der Waals surface area contributed by atoms with Crippen LogP contribution < -0.4 is 0 Å². The summed E-state index contributed by atoms with van der Waals surface area (Å²) in [6, 6.07) is 0. The van der Waals surface area contributed by atoms with Crippen molar-refractivity contribution in [1.29, 1.82) is 0 Å². The maximum atomic E-state index is 10.4. The maximum absolute atomic E-state index is 10.4. The van der Waals surface area contributed by atoms with Crippen LogP contribution in [0.1, 0.15) is 0 Å². The van der Waals surface area contributed by atoms with Crippen LogP contribution in [0.5, 0.6) is 0 Å². The summed E-state index contributed by atoms with van der Waals surface area (Å²) in [4.78, 5) is 31.2. The zero-order valence-electron chi connectivity index (χ0n) is 14.4. The third kappa shape index (κ3) is 29.4. The Labute approximate surface area is 213 Å². The van der Waals surface area contributed by atoms with Crippen LogP contribution in [0.25, 0.3) is 0 Å². The minimum absolute atomic E-state index is 0. The van der Waals surface area contributed by atoms with E-state index in [0.717, 1.165) is 0 Å². The first kappa shape index (κ1) is 36.6. The van der Waals surface area contributed by atoms with Gasteiger partial charge < -0.3 is 29.5 Å². The van der Waals surface area contributed by atoms with Gasteiger partial charge in [0.05, 0.1) is 19.8 Å². The number of carbonyl (C=O) groups excluding carboxylic acids is 3. The van der Waals surface area contributed by atoms with Gasteiger partial charge in [0.25, 0.3) is 0 Å². The van der Waals surface area contributed by atoms with Gasteiger partial charge in [-0.05, 0) is 0 Å².